The molecule has 0 aromatic heterocycles. The van der Waals surface area contributed by atoms with Crippen molar-refractivity contribution < 1.29 is 133 Å². The van der Waals surface area contributed by atoms with Crippen molar-refractivity contribution in [2.24, 2.45) is 0 Å². The second kappa shape index (κ2) is 880. The first-order chi connectivity index (χ1) is 30.1. The van der Waals surface area contributed by atoms with Crippen molar-refractivity contribution in [3.8, 4) is 0 Å². The smallest absolute Gasteiger partial charge is 0 e. The molecule has 0 atom stereocenters. The van der Waals surface area contributed by atoms with E-state index in [0.717, 1.165) is 0 Å². The number of rotatable bonds is 0. The molecule has 0 fully saturated rings. The Morgan fingerprint density at radius 1 is 0.226 bits per heavy atom. The van der Waals surface area contributed by atoms with Gasteiger partial charge in [-0.2, -0.15) is 0 Å². The molecule has 0 radical (unpaired) electrons. The van der Waals surface area contributed by atoms with Crippen LogP contribution in [0.25, 0.3) is 0 Å². The molecule has 0 unspecified atom stereocenters. The van der Waals surface area contributed by atoms with E-state index in [1.807, 2.05) is 110 Å². The second-order valence-corrected chi connectivity index (χ2v) is 5.64. The van der Waals surface area contributed by atoms with Gasteiger partial charge in [-0.25, -0.2) is 0 Å². The van der Waals surface area contributed by atoms with Gasteiger partial charge in [-0.05, 0) is 6.92 Å². The number of aryl methyl sites for hydroxylation is 1. The fourth-order valence-electron chi connectivity index (χ4n) is 0.919. The number of hydrogen-bond donors (Lipinski definition) is 0. The van der Waals surface area contributed by atoms with Crippen molar-refractivity contribution >= 4 is 0 Å². The first kappa shape index (κ1) is 154. The van der Waals surface area contributed by atoms with E-state index in [-0.39, 0.29) is 4.70 Å². The van der Waals surface area contributed by atoms with Crippen LogP contribution in [0.2, 0.25) is 0 Å². The molecule has 2 aromatic rings. The summed E-state index contributed by atoms with van der Waals surface area (Å²) in [6.07, 6.45) is 5.00. The van der Waals surface area contributed by atoms with Crippen molar-refractivity contribution in [1.82, 2.24) is 0 Å². The molecule has 2 aromatic carbocycles. The van der Waals surface area contributed by atoms with Crippen LogP contribution < -0.4 is 0 Å². The largest absolute Gasteiger partial charge is 0.269 e. The average molecular weight is 1020 g/mol. The zero-order valence-electron chi connectivity index (χ0n) is 37.7. The quantitative estimate of drug-likeness (QED) is 0.231. The third kappa shape index (κ3) is 1600. The van der Waals surface area contributed by atoms with Gasteiger partial charge in [-0.15, -0.1) is 0 Å². The standard InChI is InChI=1S/C7H8.C6H6.4C3H8.4C2H6.14F2.FH/c1-7-5-3-2-4-6-7;1-2-4-6-5-3-1;4*1-3-2;18*1-2;/h2-6H,1H3;1-6H;4*3H2,1-2H3;4*1-2H3;;;;;;;;;;;;;;;1H. The van der Waals surface area contributed by atoms with Crippen LogP contribution in [0, 0.1) is 6.92 Å². The molecule has 0 aliphatic heterocycles. The zero-order chi connectivity index (χ0) is 56.2. The van der Waals surface area contributed by atoms with Crippen molar-refractivity contribution in [1.29, 1.82) is 0 Å². The van der Waals surface area contributed by atoms with Crippen LogP contribution in [0.5, 0.6) is 0 Å². The van der Waals surface area contributed by atoms with Crippen LogP contribution in [-0.2, 0) is 0 Å². The molecule has 62 heavy (non-hydrogen) atoms. The van der Waals surface area contributed by atoms with Gasteiger partial charge >= 0.3 is 0 Å². The van der Waals surface area contributed by atoms with Crippen LogP contribution in [0.4, 0.5) is 133 Å². The number of halogens is 29. The van der Waals surface area contributed by atoms with E-state index < -0.39 is 0 Å². The summed E-state index contributed by atoms with van der Waals surface area (Å²) in [4.78, 5) is 0. The summed E-state index contributed by atoms with van der Waals surface area (Å²) in [7, 11) is 0. The number of benzene rings is 2. The Morgan fingerprint density at radius 3 is 0.339 bits per heavy atom. The molecule has 0 aliphatic carbocycles. The maximum atomic E-state index is 8.00. The maximum Gasteiger partial charge on any atom is 0 e. The predicted octanol–water partition coefficient (Wildman–Crippen LogP) is 25.4. The van der Waals surface area contributed by atoms with Gasteiger partial charge in [0.2, 0.25) is 0 Å². The Balaban J connectivity index is -0.0000000124. The molecule has 0 saturated heterocycles. The highest BCUT2D eigenvalue weighted by Gasteiger charge is 1.72. The lowest BCUT2D eigenvalue weighted by molar-refractivity contribution is 0.108. The lowest BCUT2D eigenvalue weighted by Gasteiger charge is -1.82. The van der Waals surface area contributed by atoms with E-state index in [4.69, 9.17) is 128 Å². The van der Waals surface area contributed by atoms with Crippen molar-refractivity contribution in [2.45, 2.75) is 143 Å². The SMILES string of the molecule is CC.CC.CC.CC.CCC.CCC.CCC.CCC.Cc1ccccc1.F.FF.FF.FF.FF.FF.FF.FF.FF.FF.FF.FF.FF.FF.FF.c1ccccc1. The molecule has 0 heterocycles. The first-order valence-corrected chi connectivity index (χ1v) is 16.1. The monoisotopic (exact) mass is 1020 g/mol. The predicted molar refractivity (Wildman–Crippen MR) is 200 cm³/mol. The van der Waals surface area contributed by atoms with Crippen LogP contribution in [-0.4, -0.2) is 0 Å². The molecular weight excluding hydrogens is 947 g/mol. The molecule has 0 nitrogen and oxygen atoms in total. The Bertz CT molecular complexity index is 377. The number of hydrogen-bond acceptors (Lipinski definition) is 0. The normalized spacial score (nSPS) is 4.66. The molecule has 0 amide bonds. The van der Waals surface area contributed by atoms with Crippen molar-refractivity contribution in [3.63, 3.8) is 0 Å². The topological polar surface area (TPSA) is 0 Å². The van der Waals surface area contributed by atoms with Crippen LogP contribution in [0.3, 0.4) is 0 Å². The van der Waals surface area contributed by atoms with Gasteiger partial charge in [0.25, 0.3) is 0 Å². The molecule has 0 N–H and O–H groups in total. The Kier molecular flexibility index (Phi) is 2180. The molecule has 0 spiro atoms. The highest BCUT2D eigenvalue weighted by atomic mass is 20.0. The average Bonchev–Trinajstić information content (AvgIpc) is 3.42. The summed E-state index contributed by atoms with van der Waals surface area (Å²) in [5.74, 6) is 0. The third-order valence-electron chi connectivity index (χ3n) is 1.61. The van der Waals surface area contributed by atoms with Crippen LogP contribution in [0.15, 0.2) is 66.7 Å². The summed E-state index contributed by atoms with van der Waals surface area (Å²) in [5, 5.41) is 0. The Hall–Kier alpha value is -3.59. The van der Waals surface area contributed by atoms with E-state index in [2.05, 4.69) is 74.4 Å². The van der Waals surface area contributed by atoms with Crippen LogP contribution in [0.1, 0.15) is 142 Å². The molecule has 0 aliphatic rings. The summed E-state index contributed by atoms with van der Waals surface area (Å²) >= 11 is 0. The third-order valence-corrected chi connectivity index (χ3v) is 1.61. The summed E-state index contributed by atoms with van der Waals surface area (Å²) in [6.45, 7) is 35.1. The van der Waals surface area contributed by atoms with Gasteiger partial charge < -0.3 is 0 Å². The van der Waals surface area contributed by atoms with Gasteiger partial charge in [0.05, 0.1) is 0 Å². The van der Waals surface area contributed by atoms with E-state index in [1.54, 1.807) is 0 Å². The zero-order valence-corrected chi connectivity index (χ0v) is 37.7. The fraction of sp³-hybridized carbons (Fsp3) is 0.636. The summed E-state index contributed by atoms with van der Waals surface area (Å²) in [6, 6.07) is 22.3. The summed E-state index contributed by atoms with van der Waals surface area (Å²) in [5.41, 5.74) is 1.32. The molecule has 0 bridgehead atoms. The lowest BCUT2D eigenvalue weighted by atomic mass is 10.2. The van der Waals surface area contributed by atoms with E-state index in [0.29, 0.717) is 0 Å². The summed E-state index contributed by atoms with van der Waals surface area (Å²) < 4.78 is 224. The van der Waals surface area contributed by atoms with E-state index in [1.165, 1.54) is 31.2 Å². The van der Waals surface area contributed by atoms with Gasteiger partial charge in [-0.1, -0.05) is 209 Å². The minimum atomic E-state index is 0. The molecule has 406 valence electrons. The molecule has 2 rings (SSSR count). The minimum absolute atomic E-state index is 0. The van der Waals surface area contributed by atoms with Crippen LogP contribution >= 0.6 is 0 Å². The fourth-order valence-corrected chi connectivity index (χ4v) is 0.919. The Labute approximate surface area is 349 Å². The van der Waals surface area contributed by atoms with Gasteiger partial charge in [0, 0.05) is 128 Å². The lowest BCUT2D eigenvalue weighted by Crippen LogP contribution is -1.62. The highest BCUT2D eigenvalue weighted by Crippen LogP contribution is 1.92. The van der Waals surface area contributed by atoms with Crippen molar-refractivity contribution in [2.75, 3.05) is 0 Å². The van der Waals surface area contributed by atoms with Gasteiger partial charge in [0.15, 0.2) is 0 Å². The minimum Gasteiger partial charge on any atom is -0.269 e. The maximum absolute atomic E-state index is 8.00. The van der Waals surface area contributed by atoms with E-state index >= 15 is 0 Å². The Morgan fingerprint density at radius 2 is 0.290 bits per heavy atom. The van der Waals surface area contributed by atoms with Gasteiger partial charge in [0.1, 0.15) is 0 Å². The molecule has 0 saturated carbocycles. The van der Waals surface area contributed by atoms with Crippen molar-refractivity contribution in [3.05, 3.63) is 72.3 Å². The second-order valence-electron chi connectivity index (χ2n) is 5.64. The molecular formula is C33H71F29. The first-order valence-electron chi connectivity index (χ1n) is 16.1. The van der Waals surface area contributed by atoms with Gasteiger partial charge in [-0.3, -0.25) is 4.70 Å². The van der Waals surface area contributed by atoms with E-state index in [9.17, 15) is 0 Å². The molecule has 29 heteroatoms. The highest BCUT2D eigenvalue weighted by molar-refractivity contribution is 5.11.